The van der Waals surface area contributed by atoms with E-state index in [-0.39, 0.29) is 39.9 Å². The van der Waals surface area contributed by atoms with Crippen LogP contribution in [0, 0.1) is 24.1 Å². The summed E-state index contributed by atoms with van der Waals surface area (Å²) in [4.78, 5) is 48.1. The lowest BCUT2D eigenvalue weighted by Crippen LogP contribution is -2.53. The van der Waals surface area contributed by atoms with Crippen molar-refractivity contribution < 1.29 is 37.0 Å². The predicted octanol–water partition coefficient (Wildman–Crippen LogP) is 6.33. The van der Waals surface area contributed by atoms with Gasteiger partial charge in [-0.2, -0.15) is 13.9 Å². The number of nitrogens with one attached hydrogen (secondary N) is 1. The third-order valence-corrected chi connectivity index (χ3v) is 8.03. The summed E-state index contributed by atoms with van der Waals surface area (Å²) < 4.78 is 52.6. The molecular weight excluding hydrogens is 617 g/mol. The normalized spacial score (nSPS) is 16.3. The molecule has 1 aliphatic heterocycles. The fourth-order valence-corrected chi connectivity index (χ4v) is 5.74. The van der Waals surface area contributed by atoms with Gasteiger partial charge in [0.1, 0.15) is 5.82 Å². The number of halogens is 3. The molecule has 2 amide bonds. The van der Waals surface area contributed by atoms with Crippen LogP contribution in [0.1, 0.15) is 48.8 Å². The molecule has 47 heavy (non-hydrogen) atoms. The highest BCUT2D eigenvalue weighted by Gasteiger charge is 2.46. The van der Waals surface area contributed by atoms with Crippen molar-refractivity contribution in [2.45, 2.75) is 40.7 Å². The predicted molar refractivity (Wildman–Crippen MR) is 165 cm³/mol. The van der Waals surface area contributed by atoms with Gasteiger partial charge in [0.25, 0.3) is 0 Å². The summed E-state index contributed by atoms with van der Waals surface area (Å²) in [6, 6.07) is 11.5. The number of H-pyrrole nitrogens is 1. The Kier molecular flexibility index (Phi) is 7.74. The molecule has 1 atom stereocenters. The number of para-hydroxylation sites is 1. The molecule has 0 bridgehead atoms. The number of aryl methyl sites for hydroxylation is 1. The molecule has 1 unspecified atom stereocenters. The average molecular weight is 647 g/mol. The number of carbonyl (C=O) groups is 3. The van der Waals surface area contributed by atoms with Crippen LogP contribution in [0.25, 0.3) is 16.6 Å². The number of aromatic amines is 1. The number of nitrogens with zero attached hydrogens (tertiary/aromatic N) is 4. The number of alkyl halides is 2. The van der Waals surface area contributed by atoms with E-state index in [2.05, 4.69) is 15.1 Å². The number of rotatable bonds is 8. The zero-order valence-corrected chi connectivity index (χ0v) is 25.7. The summed E-state index contributed by atoms with van der Waals surface area (Å²) >= 11 is 0. The minimum atomic E-state index is -3.24. The molecule has 1 aliphatic rings. The first-order valence-electron chi connectivity index (χ1n) is 14.5. The highest BCUT2D eigenvalue weighted by Crippen LogP contribution is 2.42. The molecule has 0 aliphatic carbocycles. The zero-order chi connectivity index (χ0) is 33.8. The molecule has 1 saturated heterocycles. The minimum absolute atomic E-state index is 0.00417. The van der Waals surface area contributed by atoms with Crippen molar-refractivity contribution in [1.82, 2.24) is 19.7 Å². The second kappa shape index (κ2) is 11.6. The lowest BCUT2D eigenvalue weighted by molar-refractivity contribution is -0.139. The van der Waals surface area contributed by atoms with Gasteiger partial charge >= 0.3 is 6.61 Å². The average Bonchev–Trinajstić information content (AvgIpc) is 3.60. The van der Waals surface area contributed by atoms with Gasteiger partial charge in [-0.25, -0.2) is 19.0 Å². The zero-order valence-electron chi connectivity index (χ0n) is 25.7. The van der Waals surface area contributed by atoms with Crippen molar-refractivity contribution in [1.29, 1.82) is 0 Å². The van der Waals surface area contributed by atoms with Gasteiger partial charge in [0, 0.05) is 28.3 Å². The number of benzene rings is 2. The number of ether oxygens (including phenoxy) is 2. The van der Waals surface area contributed by atoms with Crippen LogP contribution >= 0.6 is 0 Å². The molecule has 242 valence electrons. The molecule has 14 heteroatoms. The lowest BCUT2D eigenvalue weighted by atomic mass is 9.78. The third kappa shape index (κ3) is 5.66. The van der Waals surface area contributed by atoms with E-state index in [0.29, 0.717) is 23.1 Å². The Labute approximate surface area is 266 Å². The van der Waals surface area contributed by atoms with E-state index in [1.54, 1.807) is 39.8 Å². The molecule has 6 rings (SSSR count). The Morgan fingerprint density at radius 3 is 2.53 bits per heavy atom. The SMILES string of the molecule is Cc1cc(Oc2ccccc2F)ncc1-n1ncc(C(=O)c2cc3cc(OC(F)F)c(N4C(=O)C(C)CC(C)(C)C4=O)cc3[nH]2)c1N. The summed E-state index contributed by atoms with van der Waals surface area (Å²) in [6.45, 7) is 3.52. The van der Waals surface area contributed by atoms with Crippen LogP contribution in [0.3, 0.4) is 0 Å². The summed E-state index contributed by atoms with van der Waals surface area (Å²) in [5.41, 5.74) is 6.68. The van der Waals surface area contributed by atoms with Gasteiger partial charge in [-0.05, 0) is 49.2 Å². The first kappa shape index (κ1) is 31.3. The first-order chi connectivity index (χ1) is 22.2. The fraction of sp³-hybridized carbons (Fsp3) is 0.242. The number of fused-ring (bicyclic) bond motifs is 1. The van der Waals surface area contributed by atoms with Gasteiger partial charge in [-0.15, -0.1) is 0 Å². The van der Waals surface area contributed by atoms with E-state index in [4.69, 9.17) is 15.2 Å². The van der Waals surface area contributed by atoms with Crippen LogP contribution in [0.5, 0.6) is 17.4 Å². The summed E-state index contributed by atoms with van der Waals surface area (Å²) in [7, 11) is 0. The molecular formula is C33H29F3N6O5. The molecule has 0 radical (unpaired) electrons. The van der Waals surface area contributed by atoms with Crippen molar-refractivity contribution >= 4 is 40.0 Å². The summed E-state index contributed by atoms with van der Waals surface area (Å²) in [6.07, 6.45) is 2.99. The Morgan fingerprint density at radius 1 is 1.09 bits per heavy atom. The number of piperidine rings is 1. The Hall–Kier alpha value is -5.66. The topological polar surface area (TPSA) is 145 Å². The van der Waals surface area contributed by atoms with Crippen LogP contribution in [-0.4, -0.2) is 44.0 Å². The molecule has 5 aromatic rings. The van der Waals surface area contributed by atoms with Crippen molar-refractivity contribution in [3.63, 3.8) is 0 Å². The van der Waals surface area contributed by atoms with E-state index in [1.807, 2.05) is 0 Å². The minimum Gasteiger partial charge on any atom is -0.436 e. The van der Waals surface area contributed by atoms with E-state index in [9.17, 15) is 27.6 Å². The second-order valence-electron chi connectivity index (χ2n) is 12.0. The number of hydrogen-bond acceptors (Lipinski definition) is 8. The van der Waals surface area contributed by atoms with E-state index < -0.39 is 47.1 Å². The molecule has 2 aromatic carbocycles. The maximum atomic E-state index is 14.0. The maximum Gasteiger partial charge on any atom is 0.387 e. The first-order valence-corrected chi connectivity index (χ1v) is 14.5. The molecule has 3 N–H and O–H groups in total. The fourth-order valence-electron chi connectivity index (χ4n) is 5.74. The molecule has 4 heterocycles. The number of ketones is 1. The van der Waals surface area contributed by atoms with Crippen molar-refractivity contribution in [2.24, 2.45) is 11.3 Å². The number of hydrogen-bond donors (Lipinski definition) is 2. The number of nitrogens with two attached hydrogens (primary N) is 1. The third-order valence-electron chi connectivity index (χ3n) is 8.03. The Balaban J connectivity index is 1.33. The van der Waals surface area contributed by atoms with Crippen molar-refractivity contribution in [3.05, 3.63) is 83.6 Å². The maximum absolute atomic E-state index is 14.0. The largest absolute Gasteiger partial charge is 0.436 e. The van der Waals surface area contributed by atoms with Gasteiger partial charge in [0.2, 0.25) is 23.5 Å². The molecule has 0 saturated carbocycles. The molecule has 0 spiro atoms. The Bertz CT molecular complexity index is 2070. The van der Waals surface area contributed by atoms with Crippen LogP contribution in [0.15, 0.2) is 60.9 Å². The van der Waals surface area contributed by atoms with Gasteiger partial charge in [-0.3, -0.25) is 14.4 Å². The number of aromatic nitrogens is 4. The number of carbonyl (C=O) groups excluding carboxylic acids is 3. The van der Waals surface area contributed by atoms with Crippen LogP contribution < -0.4 is 20.1 Å². The number of amides is 2. The number of pyridine rings is 1. The van der Waals surface area contributed by atoms with Crippen LogP contribution in [0.4, 0.5) is 24.7 Å². The van der Waals surface area contributed by atoms with Gasteiger partial charge in [0.05, 0.1) is 35.0 Å². The monoisotopic (exact) mass is 646 g/mol. The van der Waals surface area contributed by atoms with Crippen LogP contribution in [-0.2, 0) is 9.59 Å². The Morgan fingerprint density at radius 2 is 1.83 bits per heavy atom. The van der Waals surface area contributed by atoms with E-state index in [0.717, 1.165) is 4.90 Å². The number of imide groups is 1. The number of anilines is 2. The lowest BCUT2D eigenvalue weighted by Gasteiger charge is -2.39. The smallest absolute Gasteiger partial charge is 0.387 e. The number of nitrogen functional groups attached to an aromatic ring is 1. The second-order valence-corrected chi connectivity index (χ2v) is 12.0. The summed E-state index contributed by atoms with van der Waals surface area (Å²) in [5, 5.41) is 4.58. The van der Waals surface area contributed by atoms with Gasteiger partial charge in [0.15, 0.2) is 17.3 Å². The van der Waals surface area contributed by atoms with Gasteiger partial charge in [-0.1, -0.05) is 32.9 Å². The standard InChI is InChI=1S/C33H29F3N6O5/c1-16-9-27(46-25-8-6-5-7-20(25)34)38-15-24(16)42-29(37)19(14-39-42)28(43)22-10-18-11-26(47-32(35)36)23(12-21(18)40-22)41-30(44)17(2)13-33(3,4)31(41)45/h5-12,14-15,17,32,40H,13,37H2,1-4H3. The van der Waals surface area contributed by atoms with Crippen LogP contribution in [0.2, 0.25) is 0 Å². The molecule has 1 fully saturated rings. The molecule has 3 aromatic heterocycles. The highest BCUT2D eigenvalue weighted by atomic mass is 19.3. The quantitative estimate of drug-likeness (QED) is 0.147. The van der Waals surface area contributed by atoms with E-state index in [1.165, 1.54) is 53.5 Å². The summed E-state index contributed by atoms with van der Waals surface area (Å²) in [5.74, 6) is -3.03. The van der Waals surface area contributed by atoms with E-state index >= 15 is 0 Å². The highest BCUT2D eigenvalue weighted by molar-refractivity contribution is 6.20. The molecule has 11 nitrogen and oxygen atoms in total. The van der Waals surface area contributed by atoms with Crippen molar-refractivity contribution in [2.75, 3.05) is 10.6 Å². The van der Waals surface area contributed by atoms with Crippen molar-refractivity contribution in [3.8, 4) is 23.1 Å². The van der Waals surface area contributed by atoms with Gasteiger partial charge < -0.3 is 20.2 Å².